The average molecular weight is 349 g/mol. The second-order valence-corrected chi connectivity index (χ2v) is 6.04. The topological polar surface area (TPSA) is 51.1 Å². The molecule has 0 aliphatic heterocycles. The van der Waals surface area contributed by atoms with Gasteiger partial charge in [-0.1, -0.05) is 6.07 Å². The Morgan fingerprint density at radius 1 is 1.14 bits per heavy atom. The third-order valence-electron chi connectivity index (χ3n) is 3.34. The average Bonchev–Trinajstić information content (AvgIpc) is 2.39. The lowest BCUT2D eigenvalue weighted by Gasteiger charge is -2.10. The van der Waals surface area contributed by atoms with Crippen molar-refractivity contribution in [2.24, 2.45) is 0 Å². The number of anilines is 1. The third-order valence-corrected chi connectivity index (χ3v) is 3.77. The fourth-order valence-electron chi connectivity index (χ4n) is 2.03. The maximum absolute atomic E-state index is 12.1. The molecule has 0 spiro atoms. The summed E-state index contributed by atoms with van der Waals surface area (Å²) in [5.74, 6) is -0.224. The van der Waals surface area contributed by atoms with Crippen molar-refractivity contribution in [1.29, 1.82) is 0 Å². The van der Waals surface area contributed by atoms with Crippen LogP contribution < -0.4 is 10.9 Å². The Bertz CT molecular complexity index is 750. The lowest BCUT2D eigenvalue weighted by molar-refractivity contribution is -0.116. The van der Waals surface area contributed by atoms with Gasteiger partial charge in [0.15, 0.2) is 0 Å². The number of pyridine rings is 1. The van der Waals surface area contributed by atoms with E-state index in [-0.39, 0.29) is 18.0 Å². The van der Waals surface area contributed by atoms with Crippen LogP contribution in [0.25, 0.3) is 0 Å². The quantitative estimate of drug-likeness (QED) is 0.925. The number of carbonyl (C=O) groups excluding carboxylic acids is 1. The maximum atomic E-state index is 12.1. The number of nitrogens with zero attached hydrogens (tertiary/aromatic N) is 1. The van der Waals surface area contributed by atoms with Crippen molar-refractivity contribution in [2.75, 3.05) is 5.32 Å². The summed E-state index contributed by atoms with van der Waals surface area (Å²) in [7, 11) is 0. The van der Waals surface area contributed by atoms with Crippen LogP contribution in [-0.4, -0.2) is 10.5 Å². The van der Waals surface area contributed by atoms with E-state index in [4.69, 9.17) is 0 Å². The van der Waals surface area contributed by atoms with E-state index in [0.717, 1.165) is 15.7 Å². The highest BCUT2D eigenvalue weighted by Gasteiger charge is 2.08. The molecule has 1 heterocycles. The minimum absolute atomic E-state index is 0.00790. The van der Waals surface area contributed by atoms with Gasteiger partial charge in [0, 0.05) is 21.9 Å². The molecule has 0 radical (unpaired) electrons. The summed E-state index contributed by atoms with van der Waals surface area (Å²) < 4.78 is 2.18. The molecule has 5 heteroatoms. The molecule has 0 saturated heterocycles. The van der Waals surface area contributed by atoms with Gasteiger partial charge < -0.3 is 9.88 Å². The minimum Gasteiger partial charge on any atom is -0.325 e. The Hall–Kier alpha value is -1.88. The van der Waals surface area contributed by atoms with Gasteiger partial charge in [0.05, 0.1) is 0 Å². The van der Waals surface area contributed by atoms with Gasteiger partial charge in [-0.3, -0.25) is 9.59 Å². The summed E-state index contributed by atoms with van der Waals surface area (Å²) in [4.78, 5) is 24.0. The number of hydrogen-bond acceptors (Lipinski definition) is 2. The normalized spacial score (nSPS) is 10.5. The molecule has 0 aliphatic rings. The fraction of sp³-hybridized carbons (Fsp3) is 0.250. The number of rotatable bonds is 3. The third kappa shape index (κ3) is 3.82. The van der Waals surface area contributed by atoms with Crippen LogP contribution >= 0.6 is 15.9 Å². The first kappa shape index (κ1) is 15.5. The van der Waals surface area contributed by atoms with E-state index < -0.39 is 0 Å². The van der Waals surface area contributed by atoms with Crippen LogP contribution in [0.5, 0.6) is 0 Å². The first-order valence-corrected chi connectivity index (χ1v) is 7.40. The molecule has 1 aromatic heterocycles. The Morgan fingerprint density at radius 2 is 1.86 bits per heavy atom. The molecular formula is C16H17BrN2O2. The van der Waals surface area contributed by atoms with Crippen molar-refractivity contribution in [3.63, 3.8) is 0 Å². The molecule has 1 aromatic carbocycles. The molecular weight excluding hydrogens is 332 g/mol. The van der Waals surface area contributed by atoms with Crippen LogP contribution in [0.1, 0.15) is 16.7 Å². The van der Waals surface area contributed by atoms with Crippen LogP contribution in [0.3, 0.4) is 0 Å². The molecule has 110 valence electrons. The van der Waals surface area contributed by atoms with E-state index >= 15 is 0 Å². The predicted octanol–water partition coefficient (Wildman–Crippen LogP) is 3.17. The first-order valence-electron chi connectivity index (χ1n) is 6.60. The monoisotopic (exact) mass is 348 g/mol. The summed E-state index contributed by atoms with van der Waals surface area (Å²) in [5.41, 5.74) is 3.47. The van der Waals surface area contributed by atoms with Crippen molar-refractivity contribution in [3.8, 4) is 0 Å². The van der Waals surface area contributed by atoms with E-state index in [0.29, 0.717) is 5.56 Å². The fourth-order valence-corrected chi connectivity index (χ4v) is 2.62. The van der Waals surface area contributed by atoms with Crippen LogP contribution in [-0.2, 0) is 11.3 Å². The lowest BCUT2D eigenvalue weighted by atomic mass is 10.1. The van der Waals surface area contributed by atoms with Crippen LogP contribution in [0.15, 0.2) is 39.7 Å². The number of amides is 1. The van der Waals surface area contributed by atoms with Crippen LogP contribution in [0.2, 0.25) is 0 Å². The van der Waals surface area contributed by atoms with Gasteiger partial charge in [-0.15, -0.1) is 0 Å². The summed E-state index contributed by atoms with van der Waals surface area (Å²) in [5, 5.41) is 2.81. The lowest BCUT2D eigenvalue weighted by Crippen LogP contribution is -2.28. The zero-order valence-electron chi connectivity index (χ0n) is 12.2. The highest BCUT2D eigenvalue weighted by Crippen LogP contribution is 2.14. The number of nitrogens with one attached hydrogen (secondary N) is 1. The molecule has 4 nitrogen and oxygen atoms in total. The largest absolute Gasteiger partial charge is 0.325 e. The van der Waals surface area contributed by atoms with Gasteiger partial charge >= 0.3 is 0 Å². The van der Waals surface area contributed by atoms with Gasteiger partial charge in [0.1, 0.15) is 6.54 Å². The Morgan fingerprint density at radius 3 is 2.52 bits per heavy atom. The summed E-state index contributed by atoms with van der Waals surface area (Å²) in [6.07, 6.45) is 1.62. The van der Waals surface area contributed by atoms with Gasteiger partial charge in [0.2, 0.25) is 5.91 Å². The molecule has 0 bridgehead atoms. The molecule has 0 saturated carbocycles. The summed E-state index contributed by atoms with van der Waals surface area (Å²) in [6.45, 7) is 5.73. The molecule has 21 heavy (non-hydrogen) atoms. The van der Waals surface area contributed by atoms with E-state index in [1.165, 1.54) is 10.1 Å². The molecule has 0 unspecified atom stereocenters. The first-order chi connectivity index (χ1) is 9.86. The van der Waals surface area contributed by atoms with Gasteiger partial charge in [0.25, 0.3) is 5.56 Å². The number of halogens is 1. The minimum atomic E-state index is -0.224. The summed E-state index contributed by atoms with van der Waals surface area (Å²) in [6, 6.07) is 7.47. The molecule has 0 aliphatic carbocycles. The number of aryl methyl sites for hydroxylation is 3. The van der Waals surface area contributed by atoms with E-state index in [1.54, 1.807) is 19.2 Å². The van der Waals surface area contributed by atoms with Crippen LogP contribution in [0.4, 0.5) is 5.69 Å². The van der Waals surface area contributed by atoms with Crippen molar-refractivity contribution in [3.05, 3.63) is 62.0 Å². The van der Waals surface area contributed by atoms with Crippen molar-refractivity contribution in [1.82, 2.24) is 4.57 Å². The van der Waals surface area contributed by atoms with Crippen molar-refractivity contribution in [2.45, 2.75) is 27.3 Å². The zero-order chi connectivity index (χ0) is 15.6. The van der Waals surface area contributed by atoms with Crippen molar-refractivity contribution >= 4 is 27.5 Å². The highest BCUT2D eigenvalue weighted by atomic mass is 79.9. The number of carbonyl (C=O) groups is 1. The van der Waals surface area contributed by atoms with Crippen LogP contribution in [0, 0.1) is 20.8 Å². The molecule has 0 atom stereocenters. The Kier molecular flexibility index (Phi) is 4.63. The molecule has 1 N–H and O–H groups in total. The summed E-state index contributed by atoms with van der Waals surface area (Å²) >= 11 is 3.33. The van der Waals surface area contributed by atoms with Gasteiger partial charge in [-0.25, -0.2) is 0 Å². The van der Waals surface area contributed by atoms with E-state index in [2.05, 4.69) is 21.2 Å². The molecule has 1 amide bonds. The maximum Gasteiger partial charge on any atom is 0.253 e. The number of aromatic nitrogens is 1. The molecule has 0 fully saturated rings. The van der Waals surface area contributed by atoms with Gasteiger partial charge in [-0.2, -0.15) is 0 Å². The molecule has 2 aromatic rings. The predicted molar refractivity (Wildman–Crippen MR) is 87.7 cm³/mol. The smallest absolute Gasteiger partial charge is 0.253 e. The Labute approximate surface area is 131 Å². The SMILES string of the molecule is Cc1ccc(NC(=O)Cn2cc(Br)cc(C)c2=O)cc1C. The zero-order valence-corrected chi connectivity index (χ0v) is 13.8. The van der Waals surface area contributed by atoms with E-state index in [9.17, 15) is 9.59 Å². The standard InChI is InChI=1S/C16H17BrN2O2/c1-10-4-5-14(7-11(10)2)18-15(20)9-19-8-13(17)6-12(3)16(19)21/h4-8H,9H2,1-3H3,(H,18,20). The Balaban J connectivity index is 2.15. The van der Waals surface area contributed by atoms with Gasteiger partial charge in [-0.05, 0) is 66.0 Å². The number of hydrogen-bond donors (Lipinski definition) is 1. The second kappa shape index (κ2) is 6.26. The van der Waals surface area contributed by atoms with E-state index in [1.807, 2.05) is 32.0 Å². The highest BCUT2D eigenvalue weighted by molar-refractivity contribution is 9.10. The number of benzene rings is 1. The second-order valence-electron chi connectivity index (χ2n) is 5.12. The molecule has 2 rings (SSSR count). The van der Waals surface area contributed by atoms with Crippen molar-refractivity contribution < 1.29 is 4.79 Å².